The molecular weight excluding hydrogens is 448 g/mol. The van der Waals surface area contributed by atoms with Crippen LogP contribution in [0.15, 0.2) is 47.2 Å². The highest BCUT2D eigenvalue weighted by Gasteiger charge is 2.32. The maximum absolute atomic E-state index is 11.1. The third-order valence-electron chi connectivity index (χ3n) is 5.79. The number of nitriles is 1. The number of rotatable bonds is 7. The molecule has 1 N–H and O–H groups in total. The third kappa shape index (κ3) is 4.41. The monoisotopic (exact) mass is 470 g/mol. The number of aromatic nitrogens is 4. The fourth-order valence-corrected chi connectivity index (χ4v) is 4.07. The van der Waals surface area contributed by atoms with Crippen LogP contribution in [0.2, 0.25) is 0 Å². The van der Waals surface area contributed by atoms with Crippen LogP contribution in [0.1, 0.15) is 25.0 Å². The van der Waals surface area contributed by atoms with Crippen LogP contribution < -0.4 is 4.74 Å². The molecule has 0 atom stereocenters. The minimum atomic E-state index is -0.766. The van der Waals surface area contributed by atoms with Crippen LogP contribution in [-0.4, -0.2) is 55.3 Å². The van der Waals surface area contributed by atoms with E-state index < -0.39 is 5.97 Å². The van der Waals surface area contributed by atoms with Crippen molar-refractivity contribution in [1.82, 2.24) is 25.0 Å². The van der Waals surface area contributed by atoms with Gasteiger partial charge in [0.15, 0.2) is 0 Å². The molecular formula is C25H22N6O4. The number of carbonyl (C=O) groups is 1. The van der Waals surface area contributed by atoms with E-state index in [0.717, 1.165) is 5.56 Å². The van der Waals surface area contributed by atoms with Gasteiger partial charge in [-0.25, -0.2) is 0 Å². The van der Waals surface area contributed by atoms with Gasteiger partial charge in [0.2, 0.25) is 5.82 Å². The number of fused-ring (bicyclic) bond motifs is 1. The first-order chi connectivity index (χ1) is 16.9. The predicted molar refractivity (Wildman–Crippen MR) is 125 cm³/mol. The first kappa shape index (κ1) is 22.4. The second-order valence-corrected chi connectivity index (χ2v) is 8.67. The highest BCUT2D eigenvalue weighted by Crippen LogP contribution is 2.31. The third-order valence-corrected chi connectivity index (χ3v) is 5.79. The molecule has 0 unspecified atom stereocenters. The molecule has 3 heterocycles. The summed E-state index contributed by atoms with van der Waals surface area (Å²) >= 11 is 0. The highest BCUT2D eigenvalue weighted by molar-refractivity contribution is 5.91. The van der Waals surface area contributed by atoms with Gasteiger partial charge >= 0.3 is 5.97 Å². The van der Waals surface area contributed by atoms with Crippen molar-refractivity contribution in [3.05, 3.63) is 53.9 Å². The Bertz CT molecular complexity index is 1450. The Balaban J connectivity index is 1.44. The molecule has 5 rings (SSSR count). The molecule has 1 aliphatic heterocycles. The lowest BCUT2D eigenvalue weighted by Gasteiger charge is -2.36. The Morgan fingerprint density at radius 1 is 1.23 bits per heavy atom. The molecule has 0 radical (unpaired) electrons. The fourth-order valence-electron chi connectivity index (χ4n) is 4.07. The maximum Gasteiger partial charge on any atom is 0.309 e. The normalized spacial score (nSPS) is 14.1. The van der Waals surface area contributed by atoms with Gasteiger partial charge in [-0.3, -0.25) is 19.7 Å². The average molecular weight is 470 g/mol. The number of hydrogen-bond donors (Lipinski definition) is 1. The minimum Gasteiger partial charge on any atom is -0.490 e. The lowest BCUT2D eigenvalue weighted by Crippen LogP contribution is -2.49. The van der Waals surface area contributed by atoms with Crippen molar-refractivity contribution < 1.29 is 19.2 Å². The predicted octanol–water partition coefficient (Wildman–Crippen LogP) is 3.52. The largest absolute Gasteiger partial charge is 0.490 e. The molecule has 4 aromatic rings. The van der Waals surface area contributed by atoms with Gasteiger partial charge in [-0.05, 0) is 43.7 Å². The van der Waals surface area contributed by atoms with E-state index >= 15 is 0 Å². The van der Waals surface area contributed by atoms with Gasteiger partial charge in [0.05, 0.1) is 28.7 Å². The number of aliphatic carboxylic acids is 1. The average Bonchev–Trinajstić information content (AvgIpc) is 3.30. The second-order valence-electron chi connectivity index (χ2n) is 8.67. The van der Waals surface area contributed by atoms with Crippen LogP contribution in [-0.2, 0) is 11.3 Å². The second kappa shape index (κ2) is 9.12. The smallest absolute Gasteiger partial charge is 0.309 e. The van der Waals surface area contributed by atoms with Crippen molar-refractivity contribution in [2.75, 3.05) is 13.1 Å². The minimum absolute atomic E-state index is 0.0555. The molecule has 2 aromatic carbocycles. The summed E-state index contributed by atoms with van der Waals surface area (Å²) in [5, 5.41) is 22.8. The summed E-state index contributed by atoms with van der Waals surface area (Å²) in [5.41, 5.74) is 3.94. The van der Waals surface area contributed by atoms with Crippen molar-refractivity contribution in [3.63, 3.8) is 0 Å². The van der Waals surface area contributed by atoms with Gasteiger partial charge in [0.25, 0.3) is 5.89 Å². The van der Waals surface area contributed by atoms with Crippen LogP contribution in [0.5, 0.6) is 5.75 Å². The zero-order valence-electron chi connectivity index (χ0n) is 19.2. The number of carboxylic acid groups (broad SMARTS) is 1. The van der Waals surface area contributed by atoms with Gasteiger partial charge in [-0.2, -0.15) is 10.2 Å². The fraction of sp³-hybridized carbons (Fsp3) is 0.280. The summed E-state index contributed by atoms with van der Waals surface area (Å²) in [4.78, 5) is 26.7. The quantitative estimate of drug-likeness (QED) is 0.427. The zero-order valence-corrected chi connectivity index (χ0v) is 19.2. The summed E-state index contributed by atoms with van der Waals surface area (Å²) in [5.74, 6) is 0.0387. The molecule has 10 heteroatoms. The number of nitrogens with zero attached hydrogens (tertiary/aromatic N) is 6. The van der Waals surface area contributed by atoms with Crippen molar-refractivity contribution >= 4 is 17.0 Å². The lowest BCUT2D eigenvalue weighted by atomic mass is 9.98. The van der Waals surface area contributed by atoms with Crippen LogP contribution >= 0.6 is 0 Å². The molecule has 176 valence electrons. The van der Waals surface area contributed by atoms with Crippen LogP contribution in [0.3, 0.4) is 0 Å². The summed E-state index contributed by atoms with van der Waals surface area (Å²) in [6.07, 6.45) is 3.17. The van der Waals surface area contributed by atoms with Crippen molar-refractivity contribution in [2.45, 2.75) is 26.5 Å². The number of hydrogen-bond acceptors (Lipinski definition) is 9. The Kier molecular flexibility index (Phi) is 5.84. The van der Waals surface area contributed by atoms with Gasteiger partial charge in [-0.15, -0.1) is 0 Å². The van der Waals surface area contributed by atoms with Crippen LogP contribution in [0.25, 0.3) is 33.9 Å². The first-order valence-electron chi connectivity index (χ1n) is 11.2. The van der Waals surface area contributed by atoms with E-state index in [0.29, 0.717) is 58.9 Å². The number of likely N-dealkylation sites (tertiary alicyclic amines) is 1. The molecule has 0 aliphatic carbocycles. The molecule has 1 fully saturated rings. The maximum atomic E-state index is 11.1. The molecule has 35 heavy (non-hydrogen) atoms. The molecule has 0 bridgehead atoms. The summed E-state index contributed by atoms with van der Waals surface area (Å²) in [7, 11) is 0. The Morgan fingerprint density at radius 3 is 2.71 bits per heavy atom. The van der Waals surface area contributed by atoms with Crippen molar-refractivity contribution in [2.24, 2.45) is 5.92 Å². The molecule has 0 amide bonds. The molecule has 2 aromatic heterocycles. The summed E-state index contributed by atoms with van der Waals surface area (Å²) in [6, 6.07) is 11.1. The van der Waals surface area contributed by atoms with E-state index in [9.17, 15) is 10.1 Å². The number of carboxylic acids is 1. The molecule has 0 saturated carbocycles. The summed E-state index contributed by atoms with van der Waals surface area (Å²) < 4.78 is 11.2. The Hall–Kier alpha value is -4.36. The van der Waals surface area contributed by atoms with Gasteiger partial charge in [-0.1, -0.05) is 11.2 Å². The molecule has 1 aliphatic rings. The Labute approximate surface area is 200 Å². The van der Waals surface area contributed by atoms with Gasteiger partial charge < -0.3 is 14.4 Å². The Morgan fingerprint density at radius 2 is 2.00 bits per heavy atom. The van der Waals surface area contributed by atoms with E-state index in [1.54, 1.807) is 30.6 Å². The van der Waals surface area contributed by atoms with Gasteiger partial charge in [0.1, 0.15) is 17.3 Å². The van der Waals surface area contributed by atoms with Crippen molar-refractivity contribution in [1.29, 1.82) is 5.26 Å². The summed E-state index contributed by atoms with van der Waals surface area (Å²) in [6.45, 7) is 5.40. The van der Waals surface area contributed by atoms with Gasteiger partial charge in [0, 0.05) is 37.6 Å². The standard InChI is InChI=1S/C25H22N6O4/c1-14(2)34-20-6-4-15(9-17(20)10-26)24-29-23(30-35-24)19-5-3-16(21-22(19)28-8-7-27-21)11-31-12-18(13-31)25(32)33/h3-9,14,18H,11-13H2,1-2H3,(H,32,33). The van der Waals surface area contributed by atoms with Crippen molar-refractivity contribution in [3.8, 4) is 34.7 Å². The molecule has 0 spiro atoms. The van der Waals surface area contributed by atoms with E-state index in [2.05, 4.69) is 31.1 Å². The van der Waals surface area contributed by atoms with Crippen LogP contribution in [0, 0.1) is 17.2 Å². The first-order valence-corrected chi connectivity index (χ1v) is 11.2. The van der Waals surface area contributed by atoms with E-state index in [-0.39, 0.29) is 17.9 Å². The zero-order chi connectivity index (χ0) is 24.5. The van der Waals surface area contributed by atoms with Crippen LogP contribution in [0.4, 0.5) is 0 Å². The molecule has 10 nitrogen and oxygen atoms in total. The van der Waals surface area contributed by atoms with E-state index in [1.807, 2.05) is 26.0 Å². The number of benzene rings is 2. The van der Waals surface area contributed by atoms with E-state index in [4.69, 9.17) is 14.4 Å². The van der Waals surface area contributed by atoms with E-state index in [1.165, 1.54) is 0 Å². The number of ether oxygens (including phenoxy) is 1. The molecule has 1 saturated heterocycles. The SMILES string of the molecule is CC(C)Oc1ccc(-c2nc(-c3ccc(CN4CC(C(=O)O)C4)c4nccnc34)no2)cc1C#N. The lowest BCUT2D eigenvalue weighted by molar-refractivity contribution is -0.147. The topological polar surface area (TPSA) is 138 Å². The highest BCUT2D eigenvalue weighted by atomic mass is 16.5.